The molecular weight excluding hydrogens is 286 g/mol. The van der Waals surface area contributed by atoms with E-state index in [0.29, 0.717) is 0 Å². The number of ether oxygens (including phenoxy) is 1. The summed E-state index contributed by atoms with van der Waals surface area (Å²) in [7, 11) is -3.07. The number of hydrogen-bond donors (Lipinski definition) is 0. The molecule has 0 bridgehead atoms. The van der Waals surface area contributed by atoms with Crippen LogP contribution in [0.25, 0.3) is 0 Å². The molecule has 0 aromatic heterocycles. The van der Waals surface area contributed by atoms with E-state index in [1.165, 1.54) is 24.3 Å². The molecule has 0 saturated carbocycles. The molecule has 1 aromatic rings. The number of carbonyl (C=O) groups excluding carboxylic acids is 1. The lowest BCUT2D eigenvalue weighted by Gasteiger charge is -2.20. The molecule has 110 valence electrons. The highest BCUT2D eigenvalue weighted by atomic mass is 32.2. The normalized spacial score (nSPS) is 14.3. The zero-order valence-electron chi connectivity index (χ0n) is 11.1. The van der Waals surface area contributed by atoms with Crippen LogP contribution < -0.4 is 0 Å². The van der Waals surface area contributed by atoms with E-state index in [2.05, 4.69) is 4.74 Å². The third kappa shape index (κ3) is 2.96. The topological polar surface area (TPSA) is 104 Å². The molecule has 0 spiro atoms. The molecule has 0 saturated heterocycles. The number of hydrogen-bond acceptors (Lipinski definition) is 6. The van der Waals surface area contributed by atoms with Gasteiger partial charge in [-0.25, -0.2) is 8.42 Å². The van der Waals surface area contributed by atoms with Crippen molar-refractivity contribution in [2.24, 2.45) is 0 Å². The molecule has 0 aliphatic heterocycles. The Kier molecular flexibility index (Phi) is 4.83. The summed E-state index contributed by atoms with van der Waals surface area (Å²) >= 11 is 0. The Morgan fingerprint density at radius 2 is 1.90 bits per heavy atom. The minimum absolute atomic E-state index is 0.149. The predicted octanol–water partition coefficient (Wildman–Crippen LogP) is 1.41. The van der Waals surface area contributed by atoms with Gasteiger partial charge in [-0.1, -0.05) is 18.2 Å². The number of nitrogens with zero attached hydrogens (tertiary/aromatic N) is 1. The standard InChI is InChI=1S/C12H15NO6S/c1-12(13(15)16,9-8-11(14)19-2)20(17,18)10-6-4-3-5-7-10/h3-7H,8-9H2,1-2H3/t12-/m1/s1. The van der Waals surface area contributed by atoms with Gasteiger partial charge in [0.2, 0.25) is 9.84 Å². The Bertz CT molecular complexity index is 598. The van der Waals surface area contributed by atoms with Gasteiger partial charge in [0.25, 0.3) is 0 Å². The van der Waals surface area contributed by atoms with E-state index in [-0.39, 0.29) is 11.3 Å². The van der Waals surface area contributed by atoms with E-state index in [4.69, 9.17) is 0 Å². The molecule has 1 aromatic carbocycles. The summed E-state index contributed by atoms with van der Waals surface area (Å²) < 4.78 is 29.2. The van der Waals surface area contributed by atoms with Crippen molar-refractivity contribution in [2.45, 2.75) is 29.5 Å². The Hall–Kier alpha value is -1.96. The highest BCUT2D eigenvalue weighted by Gasteiger charge is 2.51. The van der Waals surface area contributed by atoms with Crippen molar-refractivity contribution in [3.05, 3.63) is 40.4 Å². The lowest BCUT2D eigenvalue weighted by molar-refractivity contribution is -0.537. The summed E-state index contributed by atoms with van der Waals surface area (Å²) in [6.07, 6.45) is -0.802. The molecule has 0 heterocycles. The predicted molar refractivity (Wildman–Crippen MR) is 70.3 cm³/mol. The van der Waals surface area contributed by atoms with Gasteiger partial charge in [0, 0.05) is 18.3 Å². The van der Waals surface area contributed by atoms with Gasteiger partial charge in [0.05, 0.1) is 18.4 Å². The largest absolute Gasteiger partial charge is 0.469 e. The number of carbonyl (C=O) groups is 1. The molecule has 0 radical (unpaired) electrons. The van der Waals surface area contributed by atoms with E-state index in [1.807, 2.05) is 0 Å². The molecule has 0 amide bonds. The Labute approximate surface area is 116 Å². The summed E-state index contributed by atoms with van der Waals surface area (Å²) in [4.78, 5) is 19.0. The highest BCUT2D eigenvalue weighted by Crippen LogP contribution is 2.30. The van der Waals surface area contributed by atoms with Crippen LogP contribution in [0.5, 0.6) is 0 Å². The third-order valence-corrected chi connectivity index (χ3v) is 5.44. The molecule has 0 N–H and O–H groups in total. The van der Waals surface area contributed by atoms with Crippen molar-refractivity contribution in [3.8, 4) is 0 Å². The maximum atomic E-state index is 12.4. The van der Waals surface area contributed by atoms with E-state index in [9.17, 15) is 23.3 Å². The van der Waals surface area contributed by atoms with Crippen LogP contribution in [-0.4, -0.2) is 31.3 Å². The first-order chi connectivity index (χ1) is 9.25. The summed E-state index contributed by atoms with van der Waals surface area (Å²) in [6, 6.07) is 7.14. The van der Waals surface area contributed by atoms with Crippen molar-refractivity contribution in [1.82, 2.24) is 0 Å². The molecule has 0 aliphatic carbocycles. The van der Waals surface area contributed by atoms with Crippen molar-refractivity contribution < 1.29 is 22.9 Å². The van der Waals surface area contributed by atoms with E-state index < -0.39 is 32.0 Å². The summed E-state index contributed by atoms with van der Waals surface area (Å²) in [5.74, 6) is -0.693. The highest BCUT2D eigenvalue weighted by molar-refractivity contribution is 7.92. The summed E-state index contributed by atoms with van der Waals surface area (Å²) in [5.41, 5.74) is 0. The minimum atomic E-state index is -4.21. The fourth-order valence-electron chi connectivity index (χ4n) is 1.61. The fraction of sp³-hybridized carbons (Fsp3) is 0.417. The zero-order valence-corrected chi connectivity index (χ0v) is 11.9. The van der Waals surface area contributed by atoms with Gasteiger partial charge in [0.15, 0.2) is 0 Å². The monoisotopic (exact) mass is 301 g/mol. The molecule has 20 heavy (non-hydrogen) atoms. The first kappa shape index (κ1) is 16.1. The van der Waals surface area contributed by atoms with Crippen LogP contribution in [0.15, 0.2) is 35.2 Å². The molecule has 1 rings (SSSR count). The van der Waals surface area contributed by atoms with Crippen molar-refractivity contribution in [3.63, 3.8) is 0 Å². The number of nitro groups is 1. The Balaban J connectivity index is 3.19. The van der Waals surface area contributed by atoms with E-state index >= 15 is 0 Å². The SMILES string of the molecule is COC(=O)CC[C@](C)([N+](=O)[O-])S(=O)(=O)c1ccccc1. The lowest BCUT2D eigenvalue weighted by atomic mass is 10.2. The summed E-state index contributed by atoms with van der Waals surface area (Å²) in [6.45, 7) is 0.998. The summed E-state index contributed by atoms with van der Waals surface area (Å²) in [5, 5.41) is 11.2. The number of rotatable bonds is 6. The van der Waals surface area contributed by atoms with Crippen LogP contribution in [-0.2, 0) is 19.4 Å². The van der Waals surface area contributed by atoms with E-state index in [1.54, 1.807) is 6.07 Å². The van der Waals surface area contributed by atoms with Crippen LogP contribution >= 0.6 is 0 Å². The van der Waals surface area contributed by atoms with Crippen molar-refractivity contribution >= 4 is 15.8 Å². The maximum absolute atomic E-state index is 12.4. The molecule has 8 heteroatoms. The van der Waals surface area contributed by atoms with Gasteiger partial charge >= 0.3 is 10.8 Å². The van der Waals surface area contributed by atoms with Gasteiger partial charge in [0.1, 0.15) is 0 Å². The Morgan fingerprint density at radius 1 is 1.35 bits per heavy atom. The first-order valence-electron chi connectivity index (χ1n) is 5.76. The average molecular weight is 301 g/mol. The third-order valence-electron chi connectivity index (χ3n) is 3.04. The number of sulfone groups is 1. The second-order valence-electron chi connectivity index (χ2n) is 4.32. The van der Waals surface area contributed by atoms with Gasteiger partial charge in [-0.05, 0) is 12.1 Å². The van der Waals surface area contributed by atoms with Gasteiger partial charge < -0.3 is 4.74 Å². The van der Waals surface area contributed by atoms with Crippen LogP contribution in [0, 0.1) is 10.1 Å². The molecule has 0 aliphatic rings. The van der Waals surface area contributed by atoms with Crippen LogP contribution in [0.3, 0.4) is 0 Å². The molecular formula is C12H15NO6S. The number of methoxy groups -OCH3 is 1. The first-order valence-corrected chi connectivity index (χ1v) is 7.25. The second-order valence-corrected chi connectivity index (χ2v) is 6.68. The van der Waals surface area contributed by atoms with Crippen molar-refractivity contribution in [2.75, 3.05) is 7.11 Å². The van der Waals surface area contributed by atoms with Crippen LogP contribution in [0.4, 0.5) is 0 Å². The smallest absolute Gasteiger partial charge is 0.321 e. The van der Waals surface area contributed by atoms with E-state index in [0.717, 1.165) is 14.0 Å². The zero-order chi connectivity index (χ0) is 15.4. The average Bonchev–Trinajstić information content (AvgIpc) is 2.44. The lowest BCUT2D eigenvalue weighted by Crippen LogP contribution is -2.43. The Morgan fingerprint density at radius 3 is 2.35 bits per heavy atom. The number of benzene rings is 1. The van der Waals surface area contributed by atoms with Gasteiger partial charge in [-0.15, -0.1) is 0 Å². The molecule has 1 atom stereocenters. The van der Waals surface area contributed by atoms with Gasteiger partial charge in [-0.3, -0.25) is 14.9 Å². The molecule has 0 fully saturated rings. The second kappa shape index (κ2) is 6.00. The minimum Gasteiger partial charge on any atom is -0.469 e. The van der Waals surface area contributed by atoms with Crippen LogP contribution in [0.2, 0.25) is 0 Å². The quantitative estimate of drug-likeness (QED) is 0.447. The molecule has 0 unspecified atom stereocenters. The molecule has 7 nitrogen and oxygen atoms in total. The van der Waals surface area contributed by atoms with Crippen LogP contribution in [0.1, 0.15) is 19.8 Å². The number of esters is 1. The van der Waals surface area contributed by atoms with Crippen molar-refractivity contribution in [1.29, 1.82) is 0 Å². The van der Waals surface area contributed by atoms with Gasteiger partial charge in [-0.2, -0.15) is 0 Å². The fourth-order valence-corrected chi connectivity index (χ4v) is 3.20. The maximum Gasteiger partial charge on any atom is 0.321 e.